The molecule has 1 heterocycles. The van der Waals surface area contributed by atoms with Gasteiger partial charge in [0, 0.05) is 28.9 Å². The summed E-state index contributed by atoms with van der Waals surface area (Å²) >= 11 is 1.70. The molecule has 18 heavy (non-hydrogen) atoms. The second kappa shape index (κ2) is 6.08. The van der Waals surface area contributed by atoms with Gasteiger partial charge in [0.25, 0.3) is 0 Å². The molecule has 0 fully saturated rings. The average molecular weight is 255 g/mol. The lowest BCUT2D eigenvalue weighted by Crippen LogP contribution is -2.03. The molecule has 0 unspecified atom stereocenters. The number of pyridine rings is 1. The van der Waals surface area contributed by atoms with Gasteiger partial charge in [-0.2, -0.15) is 5.26 Å². The number of nitrogens with zero attached hydrogens (tertiary/aromatic N) is 2. The zero-order chi connectivity index (χ0) is 12.8. The van der Waals surface area contributed by atoms with E-state index >= 15 is 0 Å². The fraction of sp³-hybridized carbons (Fsp3) is 0.143. The van der Waals surface area contributed by atoms with Crippen LogP contribution >= 0.6 is 11.8 Å². The van der Waals surface area contributed by atoms with E-state index in [4.69, 9.17) is 5.26 Å². The van der Waals surface area contributed by atoms with Gasteiger partial charge in [0.1, 0.15) is 11.8 Å². The van der Waals surface area contributed by atoms with E-state index in [-0.39, 0.29) is 0 Å². The molecule has 4 heteroatoms. The molecule has 0 aliphatic rings. The normalized spacial score (nSPS) is 9.78. The summed E-state index contributed by atoms with van der Waals surface area (Å²) in [6.07, 6.45) is 3.68. The fourth-order valence-corrected chi connectivity index (χ4v) is 2.24. The predicted octanol–water partition coefficient (Wildman–Crippen LogP) is 3.29. The first-order valence-corrected chi connectivity index (χ1v) is 6.78. The molecule has 0 aliphatic carbocycles. The van der Waals surface area contributed by atoms with E-state index in [1.807, 2.05) is 36.6 Å². The number of rotatable bonds is 4. The zero-order valence-corrected chi connectivity index (χ0v) is 10.9. The van der Waals surface area contributed by atoms with Crippen molar-refractivity contribution in [3.63, 3.8) is 0 Å². The van der Waals surface area contributed by atoms with Crippen molar-refractivity contribution < 1.29 is 0 Å². The van der Waals surface area contributed by atoms with E-state index in [2.05, 4.69) is 22.4 Å². The Labute approximate surface area is 111 Å². The van der Waals surface area contributed by atoms with Gasteiger partial charge in [-0.15, -0.1) is 11.8 Å². The minimum absolute atomic E-state index is 0.478. The molecule has 1 aromatic heterocycles. The SMILES string of the molecule is CSc1ccccc1NCc1cccnc1C#N. The van der Waals surface area contributed by atoms with Gasteiger partial charge in [0.15, 0.2) is 0 Å². The number of nitriles is 1. The summed E-state index contributed by atoms with van der Waals surface area (Å²) in [6, 6.07) is 14.0. The Balaban J connectivity index is 2.14. The van der Waals surface area contributed by atoms with Crippen LogP contribution in [0.3, 0.4) is 0 Å². The smallest absolute Gasteiger partial charge is 0.145 e. The van der Waals surface area contributed by atoms with E-state index in [0.717, 1.165) is 11.3 Å². The Morgan fingerprint density at radius 3 is 2.89 bits per heavy atom. The maximum absolute atomic E-state index is 8.97. The zero-order valence-electron chi connectivity index (χ0n) is 10.1. The van der Waals surface area contributed by atoms with E-state index in [0.29, 0.717) is 12.2 Å². The van der Waals surface area contributed by atoms with Crippen LogP contribution in [0.4, 0.5) is 5.69 Å². The number of anilines is 1. The minimum atomic E-state index is 0.478. The number of thioether (sulfide) groups is 1. The molecule has 0 amide bonds. The molecule has 0 spiro atoms. The summed E-state index contributed by atoms with van der Waals surface area (Å²) in [7, 11) is 0. The molecule has 0 saturated heterocycles. The van der Waals surface area contributed by atoms with Crippen molar-refractivity contribution >= 4 is 17.4 Å². The van der Waals surface area contributed by atoms with Crippen LogP contribution in [0.1, 0.15) is 11.3 Å². The standard InChI is InChI=1S/C14H13N3S/c1-18-14-7-3-2-6-12(14)17-10-11-5-4-8-16-13(11)9-15/h2-8,17H,10H2,1H3. The first-order chi connectivity index (χ1) is 8.85. The Morgan fingerprint density at radius 1 is 1.28 bits per heavy atom. The number of para-hydroxylation sites is 1. The summed E-state index contributed by atoms with van der Waals surface area (Å²) < 4.78 is 0. The van der Waals surface area contributed by atoms with Crippen LogP contribution in [0.5, 0.6) is 0 Å². The first-order valence-electron chi connectivity index (χ1n) is 5.56. The van der Waals surface area contributed by atoms with Crippen LogP contribution in [-0.2, 0) is 6.54 Å². The maximum atomic E-state index is 8.97. The van der Waals surface area contributed by atoms with E-state index < -0.39 is 0 Å². The summed E-state index contributed by atoms with van der Waals surface area (Å²) in [5.41, 5.74) is 2.47. The first kappa shape index (κ1) is 12.5. The molecule has 0 aliphatic heterocycles. The highest BCUT2D eigenvalue weighted by atomic mass is 32.2. The quantitative estimate of drug-likeness (QED) is 0.852. The van der Waals surface area contributed by atoms with Crippen LogP contribution in [0.2, 0.25) is 0 Å². The Kier molecular flexibility index (Phi) is 4.21. The monoisotopic (exact) mass is 255 g/mol. The van der Waals surface area contributed by atoms with Crippen molar-refractivity contribution in [2.45, 2.75) is 11.4 Å². The van der Waals surface area contributed by atoms with Gasteiger partial charge in [-0.1, -0.05) is 18.2 Å². The summed E-state index contributed by atoms with van der Waals surface area (Å²) in [4.78, 5) is 5.24. The van der Waals surface area contributed by atoms with Crippen molar-refractivity contribution in [1.29, 1.82) is 5.26 Å². The van der Waals surface area contributed by atoms with Crippen LogP contribution in [0.15, 0.2) is 47.5 Å². The van der Waals surface area contributed by atoms with Crippen LogP contribution in [0.25, 0.3) is 0 Å². The number of aromatic nitrogens is 1. The molecular weight excluding hydrogens is 242 g/mol. The van der Waals surface area contributed by atoms with E-state index in [9.17, 15) is 0 Å². The largest absolute Gasteiger partial charge is 0.380 e. The van der Waals surface area contributed by atoms with Crippen molar-refractivity contribution in [3.05, 3.63) is 53.9 Å². The number of hydrogen-bond acceptors (Lipinski definition) is 4. The van der Waals surface area contributed by atoms with Gasteiger partial charge in [0.2, 0.25) is 0 Å². The third-order valence-corrected chi connectivity index (χ3v) is 3.37. The second-order valence-electron chi connectivity index (χ2n) is 3.68. The second-order valence-corrected chi connectivity index (χ2v) is 4.52. The summed E-state index contributed by atoms with van der Waals surface area (Å²) in [5, 5.41) is 12.3. The summed E-state index contributed by atoms with van der Waals surface area (Å²) in [6.45, 7) is 0.605. The number of nitrogens with one attached hydrogen (secondary N) is 1. The lowest BCUT2D eigenvalue weighted by molar-refractivity contribution is 1.08. The highest BCUT2D eigenvalue weighted by Gasteiger charge is 2.04. The van der Waals surface area contributed by atoms with Gasteiger partial charge in [-0.3, -0.25) is 0 Å². The van der Waals surface area contributed by atoms with Crippen LogP contribution < -0.4 is 5.32 Å². The molecular formula is C14H13N3S. The molecule has 0 bridgehead atoms. The highest BCUT2D eigenvalue weighted by Crippen LogP contribution is 2.25. The third kappa shape index (κ3) is 2.82. The molecule has 3 nitrogen and oxygen atoms in total. The molecule has 0 saturated carbocycles. The van der Waals surface area contributed by atoms with Crippen molar-refractivity contribution in [1.82, 2.24) is 4.98 Å². The number of hydrogen-bond donors (Lipinski definition) is 1. The fourth-order valence-electron chi connectivity index (χ4n) is 1.66. The van der Waals surface area contributed by atoms with Gasteiger partial charge in [0.05, 0.1) is 0 Å². The molecule has 90 valence electrons. The van der Waals surface area contributed by atoms with E-state index in [1.54, 1.807) is 18.0 Å². The third-order valence-electron chi connectivity index (χ3n) is 2.57. The molecule has 0 atom stereocenters. The minimum Gasteiger partial charge on any atom is -0.380 e. The van der Waals surface area contributed by atoms with Crippen molar-refractivity contribution in [2.75, 3.05) is 11.6 Å². The predicted molar refractivity (Wildman–Crippen MR) is 74.5 cm³/mol. The molecule has 0 radical (unpaired) electrons. The van der Waals surface area contributed by atoms with Crippen LogP contribution in [-0.4, -0.2) is 11.2 Å². The molecule has 2 aromatic rings. The lowest BCUT2D eigenvalue weighted by Gasteiger charge is -2.10. The molecule has 1 N–H and O–H groups in total. The van der Waals surface area contributed by atoms with Crippen LogP contribution in [0, 0.1) is 11.3 Å². The highest BCUT2D eigenvalue weighted by molar-refractivity contribution is 7.98. The van der Waals surface area contributed by atoms with Gasteiger partial charge >= 0.3 is 0 Å². The Hall–Kier alpha value is -1.99. The average Bonchev–Trinajstić information content (AvgIpc) is 2.45. The molecule has 2 rings (SSSR count). The van der Waals surface area contributed by atoms with E-state index in [1.165, 1.54) is 4.90 Å². The molecule has 1 aromatic carbocycles. The summed E-state index contributed by atoms with van der Waals surface area (Å²) in [5.74, 6) is 0. The lowest BCUT2D eigenvalue weighted by atomic mass is 10.2. The van der Waals surface area contributed by atoms with Crippen molar-refractivity contribution in [3.8, 4) is 6.07 Å². The number of benzene rings is 1. The Morgan fingerprint density at radius 2 is 2.11 bits per heavy atom. The van der Waals surface area contributed by atoms with Gasteiger partial charge < -0.3 is 5.32 Å². The van der Waals surface area contributed by atoms with Gasteiger partial charge in [-0.25, -0.2) is 4.98 Å². The maximum Gasteiger partial charge on any atom is 0.145 e. The van der Waals surface area contributed by atoms with Gasteiger partial charge in [-0.05, 0) is 24.5 Å². The van der Waals surface area contributed by atoms with Crippen molar-refractivity contribution in [2.24, 2.45) is 0 Å². The topological polar surface area (TPSA) is 48.7 Å². The Bertz CT molecular complexity index is 575.